The highest BCUT2D eigenvalue weighted by molar-refractivity contribution is 9.08. The summed E-state index contributed by atoms with van der Waals surface area (Å²) in [6.45, 7) is 1.78. The highest BCUT2D eigenvalue weighted by atomic mass is 79.9. The van der Waals surface area contributed by atoms with Crippen molar-refractivity contribution in [2.24, 2.45) is 0 Å². The Hall–Kier alpha value is -1.10. The van der Waals surface area contributed by atoms with Crippen LogP contribution in [0.4, 0.5) is 5.69 Å². The summed E-state index contributed by atoms with van der Waals surface area (Å²) in [5.74, 6) is 0.671. The molecule has 14 heavy (non-hydrogen) atoms. The van der Waals surface area contributed by atoms with Gasteiger partial charge in [0.05, 0.1) is 12.0 Å². The molecular weight excluding hydrogens is 250 g/mol. The molecule has 0 unspecified atom stereocenters. The summed E-state index contributed by atoms with van der Waals surface area (Å²) in [6.07, 6.45) is 0. The average Bonchev–Trinajstić information content (AvgIpc) is 2.17. The van der Waals surface area contributed by atoms with E-state index in [1.165, 1.54) is 6.07 Å². The molecule has 0 fully saturated rings. The maximum Gasteiger partial charge on any atom is 0.273 e. The number of halogens is 1. The highest BCUT2D eigenvalue weighted by Gasteiger charge is 2.15. The van der Waals surface area contributed by atoms with Crippen molar-refractivity contribution < 1.29 is 9.66 Å². The van der Waals surface area contributed by atoms with E-state index < -0.39 is 0 Å². The lowest BCUT2D eigenvalue weighted by molar-refractivity contribution is -0.385. The standard InChI is InChI=1S/C9H10BrNO3/c1-6-3-8(11(12)13)7(5-10)4-9(6)14-2/h3-4H,5H2,1-2H3. The van der Waals surface area contributed by atoms with Crippen LogP contribution in [0.3, 0.4) is 0 Å². The number of ether oxygens (including phenoxy) is 1. The molecule has 0 aliphatic heterocycles. The third kappa shape index (κ3) is 2.04. The molecule has 1 rings (SSSR count). The van der Waals surface area contributed by atoms with Gasteiger partial charge in [-0.25, -0.2) is 0 Å². The molecule has 0 aliphatic carbocycles. The number of aryl methyl sites for hydroxylation is 1. The van der Waals surface area contributed by atoms with Crippen LogP contribution in [0.25, 0.3) is 0 Å². The maximum absolute atomic E-state index is 10.7. The molecule has 4 nitrogen and oxygen atoms in total. The molecule has 0 radical (unpaired) electrons. The summed E-state index contributed by atoms with van der Waals surface area (Å²) in [4.78, 5) is 10.3. The fraction of sp³-hybridized carbons (Fsp3) is 0.333. The number of benzene rings is 1. The van der Waals surface area contributed by atoms with Gasteiger partial charge in [0.15, 0.2) is 0 Å². The minimum absolute atomic E-state index is 0.125. The third-order valence-corrected chi connectivity index (χ3v) is 2.54. The Morgan fingerprint density at radius 2 is 2.21 bits per heavy atom. The molecular formula is C9H10BrNO3. The van der Waals surface area contributed by atoms with Gasteiger partial charge in [-0.15, -0.1) is 0 Å². The van der Waals surface area contributed by atoms with Crippen LogP contribution in [-0.2, 0) is 5.33 Å². The van der Waals surface area contributed by atoms with Crippen molar-refractivity contribution in [1.29, 1.82) is 0 Å². The summed E-state index contributed by atoms with van der Waals surface area (Å²) >= 11 is 3.20. The minimum atomic E-state index is -0.386. The van der Waals surface area contributed by atoms with Gasteiger partial charge in [0, 0.05) is 17.0 Å². The SMILES string of the molecule is COc1cc(CBr)c([N+](=O)[O-])cc1C. The monoisotopic (exact) mass is 259 g/mol. The van der Waals surface area contributed by atoms with Gasteiger partial charge in [0.2, 0.25) is 0 Å². The number of rotatable bonds is 3. The molecule has 76 valence electrons. The molecule has 0 atom stereocenters. The van der Waals surface area contributed by atoms with Crippen molar-refractivity contribution >= 4 is 21.6 Å². The normalized spacial score (nSPS) is 9.93. The Labute approximate surface area is 90.2 Å². The summed E-state index contributed by atoms with van der Waals surface area (Å²) in [5, 5.41) is 11.1. The summed E-state index contributed by atoms with van der Waals surface area (Å²) < 4.78 is 5.08. The molecule has 0 heterocycles. The van der Waals surface area contributed by atoms with E-state index in [1.807, 2.05) is 0 Å². The number of nitro groups is 1. The van der Waals surface area contributed by atoms with E-state index >= 15 is 0 Å². The van der Waals surface area contributed by atoms with Crippen LogP contribution in [0.5, 0.6) is 5.75 Å². The van der Waals surface area contributed by atoms with E-state index in [0.29, 0.717) is 16.6 Å². The Morgan fingerprint density at radius 3 is 2.64 bits per heavy atom. The maximum atomic E-state index is 10.7. The Bertz CT molecular complexity index is 365. The van der Waals surface area contributed by atoms with Gasteiger partial charge in [0.1, 0.15) is 5.75 Å². The van der Waals surface area contributed by atoms with Crippen molar-refractivity contribution in [2.45, 2.75) is 12.3 Å². The zero-order valence-electron chi connectivity index (χ0n) is 7.91. The van der Waals surface area contributed by atoms with Gasteiger partial charge in [-0.2, -0.15) is 0 Å². The third-order valence-electron chi connectivity index (χ3n) is 1.94. The predicted octanol–water partition coefficient (Wildman–Crippen LogP) is 2.81. The molecule has 0 aliphatic rings. The fourth-order valence-corrected chi connectivity index (χ4v) is 1.66. The van der Waals surface area contributed by atoms with E-state index in [1.54, 1.807) is 20.1 Å². The zero-order chi connectivity index (χ0) is 10.7. The van der Waals surface area contributed by atoms with E-state index in [2.05, 4.69) is 15.9 Å². The topological polar surface area (TPSA) is 52.4 Å². The van der Waals surface area contributed by atoms with E-state index in [4.69, 9.17) is 4.74 Å². The van der Waals surface area contributed by atoms with Crippen LogP contribution in [0.15, 0.2) is 12.1 Å². The molecule has 0 N–H and O–H groups in total. The van der Waals surface area contributed by atoms with Crippen molar-refractivity contribution in [3.63, 3.8) is 0 Å². The zero-order valence-corrected chi connectivity index (χ0v) is 9.50. The van der Waals surface area contributed by atoms with Crippen molar-refractivity contribution in [1.82, 2.24) is 0 Å². The lowest BCUT2D eigenvalue weighted by atomic mass is 10.1. The lowest BCUT2D eigenvalue weighted by Crippen LogP contribution is -1.96. The van der Waals surface area contributed by atoms with Crippen LogP contribution in [0.1, 0.15) is 11.1 Å². The van der Waals surface area contributed by atoms with Crippen molar-refractivity contribution in [3.8, 4) is 5.75 Å². The Balaban J connectivity index is 3.31. The lowest BCUT2D eigenvalue weighted by Gasteiger charge is -2.06. The van der Waals surface area contributed by atoms with Crippen LogP contribution >= 0.6 is 15.9 Å². The molecule has 0 saturated heterocycles. The van der Waals surface area contributed by atoms with Crippen molar-refractivity contribution in [2.75, 3.05) is 7.11 Å². The quantitative estimate of drug-likeness (QED) is 0.477. The second-order valence-corrected chi connectivity index (χ2v) is 3.40. The van der Waals surface area contributed by atoms with Gasteiger partial charge < -0.3 is 4.74 Å². The smallest absolute Gasteiger partial charge is 0.273 e. The summed E-state index contributed by atoms with van der Waals surface area (Å²) in [5.41, 5.74) is 1.52. The summed E-state index contributed by atoms with van der Waals surface area (Å²) in [7, 11) is 1.55. The molecule has 1 aromatic rings. The summed E-state index contributed by atoms with van der Waals surface area (Å²) in [6, 6.07) is 3.21. The van der Waals surface area contributed by atoms with Crippen molar-refractivity contribution in [3.05, 3.63) is 33.4 Å². The van der Waals surface area contributed by atoms with Crippen LogP contribution in [0, 0.1) is 17.0 Å². The first kappa shape index (κ1) is 11.0. The Morgan fingerprint density at radius 1 is 1.57 bits per heavy atom. The number of hydrogen-bond acceptors (Lipinski definition) is 3. The van der Waals surface area contributed by atoms with Gasteiger partial charge in [-0.3, -0.25) is 10.1 Å². The van der Waals surface area contributed by atoms with Crippen LogP contribution in [-0.4, -0.2) is 12.0 Å². The largest absolute Gasteiger partial charge is 0.496 e. The van der Waals surface area contributed by atoms with Crippen LogP contribution < -0.4 is 4.74 Å². The number of nitrogens with zero attached hydrogens (tertiary/aromatic N) is 1. The van der Waals surface area contributed by atoms with E-state index in [-0.39, 0.29) is 10.6 Å². The number of alkyl halides is 1. The van der Waals surface area contributed by atoms with Gasteiger partial charge in [-0.1, -0.05) is 15.9 Å². The number of hydrogen-bond donors (Lipinski definition) is 0. The second kappa shape index (κ2) is 4.41. The number of nitro benzene ring substituents is 1. The van der Waals surface area contributed by atoms with E-state index in [9.17, 15) is 10.1 Å². The molecule has 0 aromatic heterocycles. The highest BCUT2D eigenvalue weighted by Crippen LogP contribution is 2.29. The first-order valence-electron chi connectivity index (χ1n) is 3.98. The average molecular weight is 260 g/mol. The first-order valence-corrected chi connectivity index (χ1v) is 5.10. The molecule has 0 amide bonds. The Kier molecular flexibility index (Phi) is 3.46. The van der Waals surface area contributed by atoms with Crippen LogP contribution in [0.2, 0.25) is 0 Å². The first-order chi connectivity index (χ1) is 6.60. The minimum Gasteiger partial charge on any atom is -0.496 e. The molecule has 0 spiro atoms. The molecule has 1 aromatic carbocycles. The predicted molar refractivity (Wildman–Crippen MR) is 57.0 cm³/mol. The van der Waals surface area contributed by atoms with E-state index in [0.717, 1.165) is 5.56 Å². The van der Waals surface area contributed by atoms with Gasteiger partial charge >= 0.3 is 0 Å². The molecule has 0 bridgehead atoms. The number of methoxy groups -OCH3 is 1. The van der Waals surface area contributed by atoms with Gasteiger partial charge in [0.25, 0.3) is 5.69 Å². The second-order valence-electron chi connectivity index (χ2n) is 2.84. The van der Waals surface area contributed by atoms with Gasteiger partial charge in [-0.05, 0) is 18.6 Å². The molecule has 5 heteroatoms. The molecule has 0 saturated carbocycles. The fourth-order valence-electron chi connectivity index (χ4n) is 1.21.